The third kappa shape index (κ3) is 6.11. The summed E-state index contributed by atoms with van der Waals surface area (Å²) in [5, 5.41) is 6.33. The number of hydrogen-bond donors (Lipinski definition) is 2. The Morgan fingerprint density at radius 2 is 2.24 bits per heavy atom. The summed E-state index contributed by atoms with van der Waals surface area (Å²) in [4.78, 5) is 8.10. The second-order valence-corrected chi connectivity index (χ2v) is 4.28. The van der Waals surface area contributed by atoms with Crippen LogP contribution in [0.5, 0.6) is 0 Å². The van der Waals surface area contributed by atoms with Gasteiger partial charge in [-0.2, -0.15) is 0 Å². The lowest BCUT2D eigenvalue weighted by molar-refractivity contribution is 0.624. The average Bonchev–Trinajstić information content (AvgIpc) is 2.96. The van der Waals surface area contributed by atoms with Crippen molar-refractivity contribution in [3.63, 3.8) is 0 Å². The predicted molar refractivity (Wildman–Crippen MR) is 92.2 cm³/mol. The summed E-state index contributed by atoms with van der Waals surface area (Å²) >= 11 is 0. The van der Waals surface area contributed by atoms with Crippen LogP contribution in [0, 0.1) is 5.82 Å². The molecule has 2 aromatic rings. The highest BCUT2D eigenvalue weighted by Gasteiger charge is 1.99. The summed E-state index contributed by atoms with van der Waals surface area (Å²) in [7, 11) is 1.71. The number of nitrogens with zero attached hydrogens (tertiary/aromatic N) is 3. The molecular weight excluding hydrogens is 384 g/mol. The maximum atomic E-state index is 13.1. The number of guanidine groups is 1. The molecule has 0 aliphatic heterocycles. The number of aromatic nitrogens is 2. The highest BCUT2D eigenvalue weighted by Crippen LogP contribution is 2.02. The Morgan fingerprint density at radius 1 is 1.38 bits per heavy atom. The Bertz CT molecular complexity index is 556. The molecule has 0 unspecified atom stereocenters. The molecule has 2 rings (SSSR count). The average molecular weight is 403 g/mol. The van der Waals surface area contributed by atoms with Crippen molar-refractivity contribution in [1.29, 1.82) is 0 Å². The van der Waals surface area contributed by atoms with Gasteiger partial charge in [0.15, 0.2) is 5.96 Å². The van der Waals surface area contributed by atoms with E-state index in [-0.39, 0.29) is 29.8 Å². The fourth-order valence-electron chi connectivity index (χ4n) is 1.78. The van der Waals surface area contributed by atoms with E-state index < -0.39 is 0 Å². The van der Waals surface area contributed by atoms with Crippen LogP contribution in [0.25, 0.3) is 0 Å². The summed E-state index contributed by atoms with van der Waals surface area (Å²) in [5.74, 6) is 0.460. The molecule has 0 saturated carbocycles. The summed E-state index contributed by atoms with van der Waals surface area (Å²) in [6, 6.07) is 6.50. The number of nitrogens with one attached hydrogen (secondary N) is 2. The van der Waals surface area contributed by atoms with Gasteiger partial charge in [0.1, 0.15) is 5.82 Å². The highest BCUT2D eigenvalue weighted by atomic mass is 127. The molecule has 7 heteroatoms. The fraction of sp³-hybridized carbons (Fsp3) is 0.286. The van der Waals surface area contributed by atoms with Crippen LogP contribution in [-0.4, -0.2) is 29.1 Å². The summed E-state index contributed by atoms with van der Waals surface area (Å²) in [5.41, 5.74) is 0.877. The van der Waals surface area contributed by atoms with Gasteiger partial charge in [0, 0.05) is 39.1 Å². The van der Waals surface area contributed by atoms with E-state index >= 15 is 0 Å². The molecule has 0 aliphatic carbocycles. The minimum absolute atomic E-state index is 0. The lowest BCUT2D eigenvalue weighted by atomic mass is 10.2. The van der Waals surface area contributed by atoms with Gasteiger partial charge >= 0.3 is 0 Å². The smallest absolute Gasteiger partial charge is 0.191 e. The monoisotopic (exact) mass is 403 g/mol. The molecule has 0 saturated heterocycles. The van der Waals surface area contributed by atoms with Crippen LogP contribution in [0.1, 0.15) is 5.56 Å². The van der Waals surface area contributed by atoms with Gasteiger partial charge in [-0.25, -0.2) is 9.37 Å². The van der Waals surface area contributed by atoms with Gasteiger partial charge in [-0.3, -0.25) is 4.99 Å². The van der Waals surface area contributed by atoms with Crippen LogP contribution < -0.4 is 10.6 Å². The summed E-state index contributed by atoms with van der Waals surface area (Å²) in [6.45, 7) is 2.07. The molecule has 0 atom stereocenters. The number of halogens is 2. The van der Waals surface area contributed by atoms with Crippen LogP contribution >= 0.6 is 24.0 Å². The molecule has 0 spiro atoms. The Kier molecular flexibility index (Phi) is 7.73. The number of aliphatic imine (C=N–C) groups is 1. The summed E-state index contributed by atoms with van der Waals surface area (Å²) in [6.07, 6.45) is 5.42. The van der Waals surface area contributed by atoms with Gasteiger partial charge in [0.2, 0.25) is 0 Å². The van der Waals surface area contributed by atoms with Crippen LogP contribution in [-0.2, 0) is 13.1 Å². The van der Waals surface area contributed by atoms with Crippen molar-refractivity contribution in [2.45, 2.75) is 13.1 Å². The zero-order chi connectivity index (χ0) is 14.2. The molecule has 114 valence electrons. The molecule has 2 N–H and O–H groups in total. The van der Waals surface area contributed by atoms with Crippen molar-refractivity contribution in [3.05, 3.63) is 54.4 Å². The van der Waals surface area contributed by atoms with E-state index in [1.807, 2.05) is 16.8 Å². The molecule has 0 amide bonds. The van der Waals surface area contributed by atoms with Gasteiger partial charge < -0.3 is 15.2 Å². The summed E-state index contributed by atoms with van der Waals surface area (Å²) < 4.78 is 15.0. The van der Waals surface area contributed by atoms with Crippen molar-refractivity contribution in [1.82, 2.24) is 20.2 Å². The van der Waals surface area contributed by atoms with Crippen molar-refractivity contribution in [3.8, 4) is 0 Å². The lowest BCUT2D eigenvalue weighted by Gasteiger charge is -2.12. The van der Waals surface area contributed by atoms with E-state index in [1.165, 1.54) is 12.1 Å². The molecule has 0 fully saturated rings. The molecule has 5 nitrogen and oxygen atoms in total. The first-order chi connectivity index (χ1) is 9.78. The van der Waals surface area contributed by atoms with Gasteiger partial charge in [-0.1, -0.05) is 12.1 Å². The van der Waals surface area contributed by atoms with Gasteiger partial charge in [0.05, 0.1) is 6.33 Å². The second-order valence-electron chi connectivity index (χ2n) is 4.28. The molecule has 1 heterocycles. The van der Waals surface area contributed by atoms with E-state index in [9.17, 15) is 4.39 Å². The van der Waals surface area contributed by atoms with Crippen LogP contribution in [0.15, 0.2) is 48.0 Å². The van der Waals surface area contributed by atoms with Crippen LogP contribution in [0.3, 0.4) is 0 Å². The zero-order valence-electron chi connectivity index (χ0n) is 11.8. The SMILES string of the molecule is CN=C(NCCn1ccnc1)NCc1cccc(F)c1.I. The zero-order valence-corrected chi connectivity index (χ0v) is 14.1. The Balaban J connectivity index is 0.00000220. The topological polar surface area (TPSA) is 54.2 Å². The van der Waals surface area contributed by atoms with Crippen molar-refractivity contribution in [2.75, 3.05) is 13.6 Å². The Morgan fingerprint density at radius 3 is 2.90 bits per heavy atom. The minimum Gasteiger partial charge on any atom is -0.355 e. The van der Waals surface area contributed by atoms with E-state index in [2.05, 4.69) is 20.6 Å². The van der Waals surface area contributed by atoms with Gasteiger partial charge in [0.25, 0.3) is 0 Å². The predicted octanol–water partition coefficient (Wildman–Crippen LogP) is 2.01. The van der Waals surface area contributed by atoms with Gasteiger partial charge in [-0.05, 0) is 17.7 Å². The maximum absolute atomic E-state index is 13.1. The van der Waals surface area contributed by atoms with E-state index in [4.69, 9.17) is 0 Å². The highest BCUT2D eigenvalue weighted by molar-refractivity contribution is 14.0. The van der Waals surface area contributed by atoms with Crippen LogP contribution in [0.2, 0.25) is 0 Å². The van der Waals surface area contributed by atoms with Gasteiger partial charge in [-0.15, -0.1) is 24.0 Å². The molecule has 0 radical (unpaired) electrons. The molecule has 0 bridgehead atoms. The number of imidazole rings is 1. The van der Waals surface area contributed by atoms with E-state index in [1.54, 1.807) is 25.6 Å². The Labute approximate surface area is 140 Å². The third-order valence-corrected chi connectivity index (χ3v) is 2.79. The minimum atomic E-state index is -0.229. The second kappa shape index (κ2) is 9.32. The molecule has 1 aromatic heterocycles. The van der Waals surface area contributed by atoms with Crippen LogP contribution in [0.4, 0.5) is 4.39 Å². The molecule has 0 aliphatic rings. The molecular formula is C14H19FIN5. The van der Waals surface area contributed by atoms with Crippen molar-refractivity contribution in [2.24, 2.45) is 4.99 Å². The quantitative estimate of drug-likeness (QED) is 0.456. The number of rotatable bonds is 5. The lowest BCUT2D eigenvalue weighted by Crippen LogP contribution is -2.38. The van der Waals surface area contributed by atoms with E-state index in [0.29, 0.717) is 12.5 Å². The standard InChI is InChI=1S/C14H18FN5.HI/c1-16-14(18-6-8-20-7-5-17-11-20)19-10-12-3-2-4-13(15)9-12;/h2-5,7,9,11H,6,8,10H2,1H3,(H2,16,18,19);1H. The van der Waals surface area contributed by atoms with Crippen molar-refractivity contribution < 1.29 is 4.39 Å². The number of hydrogen-bond acceptors (Lipinski definition) is 2. The first-order valence-electron chi connectivity index (χ1n) is 6.42. The third-order valence-electron chi connectivity index (χ3n) is 2.79. The Hall–Kier alpha value is -1.64. The maximum Gasteiger partial charge on any atom is 0.191 e. The van der Waals surface area contributed by atoms with Crippen molar-refractivity contribution >= 4 is 29.9 Å². The first kappa shape index (κ1) is 17.4. The normalized spacial score (nSPS) is 10.9. The van der Waals surface area contributed by atoms with E-state index in [0.717, 1.165) is 18.7 Å². The first-order valence-corrected chi connectivity index (χ1v) is 6.42. The number of benzene rings is 1. The molecule has 1 aromatic carbocycles. The fourth-order valence-corrected chi connectivity index (χ4v) is 1.78. The molecule has 21 heavy (non-hydrogen) atoms. The largest absolute Gasteiger partial charge is 0.355 e.